The van der Waals surface area contributed by atoms with Gasteiger partial charge in [-0.1, -0.05) is 44.2 Å². The van der Waals surface area contributed by atoms with E-state index in [1.165, 1.54) is 31.5 Å². The molecule has 0 saturated carbocycles. The van der Waals surface area contributed by atoms with Gasteiger partial charge in [-0.25, -0.2) is 0 Å². The highest BCUT2D eigenvalue weighted by Gasteiger charge is 2.30. The predicted octanol–water partition coefficient (Wildman–Crippen LogP) is 2.81. The maximum atomic E-state index is 6.42. The van der Waals surface area contributed by atoms with Gasteiger partial charge in [0.1, 0.15) is 0 Å². The van der Waals surface area contributed by atoms with Crippen LogP contribution in [0.25, 0.3) is 0 Å². The van der Waals surface area contributed by atoms with E-state index in [9.17, 15) is 0 Å². The highest BCUT2D eigenvalue weighted by molar-refractivity contribution is 5.20. The number of rotatable bonds is 4. The van der Waals surface area contributed by atoms with Crippen molar-refractivity contribution in [1.29, 1.82) is 0 Å². The summed E-state index contributed by atoms with van der Waals surface area (Å²) < 4.78 is 0. The molecule has 2 nitrogen and oxygen atoms in total. The van der Waals surface area contributed by atoms with Crippen molar-refractivity contribution >= 4 is 0 Å². The topological polar surface area (TPSA) is 29.3 Å². The highest BCUT2D eigenvalue weighted by atomic mass is 15.1. The smallest absolute Gasteiger partial charge is 0.0359 e. The van der Waals surface area contributed by atoms with Crippen molar-refractivity contribution in [2.75, 3.05) is 19.6 Å². The molecule has 94 valence electrons. The second kappa shape index (κ2) is 5.19. The Morgan fingerprint density at radius 1 is 1.18 bits per heavy atom. The lowest BCUT2D eigenvalue weighted by Crippen LogP contribution is -2.39. The van der Waals surface area contributed by atoms with Gasteiger partial charge in [-0.2, -0.15) is 0 Å². The molecular weight excluding hydrogens is 208 g/mol. The van der Waals surface area contributed by atoms with Gasteiger partial charge in [0.05, 0.1) is 0 Å². The Morgan fingerprint density at radius 2 is 1.76 bits per heavy atom. The van der Waals surface area contributed by atoms with E-state index >= 15 is 0 Å². The second-order valence-corrected chi connectivity index (χ2v) is 5.86. The number of benzene rings is 1. The van der Waals surface area contributed by atoms with Gasteiger partial charge in [0.15, 0.2) is 0 Å². The molecule has 0 bridgehead atoms. The molecule has 17 heavy (non-hydrogen) atoms. The molecule has 2 N–H and O–H groups in total. The molecule has 0 aliphatic carbocycles. The molecule has 1 atom stereocenters. The molecule has 0 aromatic heterocycles. The first-order chi connectivity index (χ1) is 8.09. The molecule has 1 aromatic rings. The zero-order valence-electron chi connectivity index (χ0n) is 11.0. The molecule has 2 rings (SSSR count). The molecule has 1 unspecified atom stereocenters. The molecule has 0 amide bonds. The molecule has 1 saturated heterocycles. The average Bonchev–Trinajstić information content (AvgIpc) is 2.81. The molecule has 1 aliphatic rings. The molecule has 0 spiro atoms. The standard InChI is InChI=1S/C15H24N2/c1-15(2,12-17-10-6-7-11-17)14(16)13-8-4-3-5-9-13/h3-5,8-9,14H,6-7,10-12,16H2,1-2H3. The van der Waals surface area contributed by atoms with Gasteiger partial charge in [-0.05, 0) is 36.9 Å². The maximum absolute atomic E-state index is 6.42. The van der Waals surface area contributed by atoms with Crippen LogP contribution < -0.4 is 5.73 Å². The Morgan fingerprint density at radius 3 is 2.35 bits per heavy atom. The summed E-state index contributed by atoms with van der Waals surface area (Å²) in [5, 5.41) is 0. The fourth-order valence-electron chi connectivity index (χ4n) is 2.73. The van der Waals surface area contributed by atoms with Crippen LogP contribution in [0.4, 0.5) is 0 Å². The van der Waals surface area contributed by atoms with Crippen molar-refractivity contribution in [3.05, 3.63) is 35.9 Å². The Labute approximate surface area is 105 Å². The van der Waals surface area contributed by atoms with Gasteiger partial charge in [0.2, 0.25) is 0 Å². The third-order valence-electron chi connectivity index (χ3n) is 3.83. The van der Waals surface area contributed by atoms with E-state index in [-0.39, 0.29) is 11.5 Å². The van der Waals surface area contributed by atoms with Crippen LogP contribution in [0, 0.1) is 5.41 Å². The zero-order chi connectivity index (χ0) is 12.3. The Hall–Kier alpha value is -0.860. The van der Waals surface area contributed by atoms with Crippen LogP contribution in [0.2, 0.25) is 0 Å². The van der Waals surface area contributed by atoms with E-state index < -0.39 is 0 Å². The third-order valence-corrected chi connectivity index (χ3v) is 3.83. The molecular formula is C15H24N2. The lowest BCUT2D eigenvalue weighted by molar-refractivity contribution is 0.176. The van der Waals surface area contributed by atoms with Gasteiger partial charge in [-0.3, -0.25) is 0 Å². The summed E-state index contributed by atoms with van der Waals surface area (Å²) in [4.78, 5) is 2.54. The van der Waals surface area contributed by atoms with Crippen molar-refractivity contribution in [1.82, 2.24) is 4.90 Å². The fourth-order valence-corrected chi connectivity index (χ4v) is 2.73. The number of hydrogen-bond acceptors (Lipinski definition) is 2. The quantitative estimate of drug-likeness (QED) is 0.865. The normalized spacial score (nSPS) is 19.5. The van der Waals surface area contributed by atoms with Crippen LogP contribution in [-0.2, 0) is 0 Å². The van der Waals surface area contributed by atoms with Gasteiger partial charge in [0, 0.05) is 12.6 Å². The van der Waals surface area contributed by atoms with E-state index in [2.05, 4.69) is 43.0 Å². The minimum atomic E-state index is 0.115. The van der Waals surface area contributed by atoms with Crippen LogP contribution in [0.1, 0.15) is 38.3 Å². The van der Waals surface area contributed by atoms with E-state index in [0.29, 0.717) is 0 Å². The summed E-state index contributed by atoms with van der Waals surface area (Å²) >= 11 is 0. The largest absolute Gasteiger partial charge is 0.323 e. The van der Waals surface area contributed by atoms with Crippen LogP contribution in [0.3, 0.4) is 0 Å². The van der Waals surface area contributed by atoms with Gasteiger partial charge >= 0.3 is 0 Å². The summed E-state index contributed by atoms with van der Waals surface area (Å²) in [7, 11) is 0. The Kier molecular flexibility index (Phi) is 3.85. The monoisotopic (exact) mass is 232 g/mol. The fraction of sp³-hybridized carbons (Fsp3) is 0.600. The molecule has 0 radical (unpaired) electrons. The van der Waals surface area contributed by atoms with E-state index in [0.717, 1.165) is 6.54 Å². The van der Waals surface area contributed by atoms with E-state index in [1.807, 2.05) is 6.07 Å². The van der Waals surface area contributed by atoms with Crippen LogP contribution in [0.5, 0.6) is 0 Å². The van der Waals surface area contributed by atoms with Gasteiger partial charge in [0.25, 0.3) is 0 Å². The van der Waals surface area contributed by atoms with E-state index in [1.54, 1.807) is 0 Å². The first-order valence-electron chi connectivity index (χ1n) is 6.62. The minimum Gasteiger partial charge on any atom is -0.323 e. The van der Waals surface area contributed by atoms with Crippen molar-refractivity contribution in [2.24, 2.45) is 11.1 Å². The second-order valence-electron chi connectivity index (χ2n) is 5.86. The van der Waals surface area contributed by atoms with Crippen LogP contribution in [-0.4, -0.2) is 24.5 Å². The van der Waals surface area contributed by atoms with Crippen molar-refractivity contribution in [3.8, 4) is 0 Å². The van der Waals surface area contributed by atoms with Crippen molar-refractivity contribution in [2.45, 2.75) is 32.7 Å². The number of nitrogens with two attached hydrogens (primary N) is 1. The maximum Gasteiger partial charge on any atom is 0.0359 e. The molecule has 1 aliphatic heterocycles. The molecule has 1 aromatic carbocycles. The lowest BCUT2D eigenvalue weighted by Gasteiger charge is -2.35. The van der Waals surface area contributed by atoms with Gasteiger partial charge < -0.3 is 10.6 Å². The third kappa shape index (κ3) is 3.08. The molecule has 2 heteroatoms. The Bertz CT molecular complexity index is 339. The number of likely N-dealkylation sites (tertiary alicyclic amines) is 1. The predicted molar refractivity (Wildman–Crippen MR) is 72.8 cm³/mol. The minimum absolute atomic E-state index is 0.115. The molecule has 1 fully saturated rings. The lowest BCUT2D eigenvalue weighted by atomic mass is 9.80. The summed E-state index contributed by atoms with van der Waals surface area (Å²) in [6.45, 7) is 8.14. The zero-order valence-corrected chi connectivity index (χ0v) is 11.0. The highest BCUT2D eigenvalue weighted by Crippen LogP contribution is 2.32. The Balaban J connectivity index is 2.03. The first kappa shape index (κ1) is 12.6. The van der Waals surface area contributed by atoms with Crippen molar-refractivity contribution in [3.63, 3.8) is 0 Å². The van der Waals surface area contributed by atoms with E-state index in [4.69, 9.17) is 5.73 Å². The number of hydrogen-bond donors (Lipinski definition) is 1. The molecule has 1 heterocycles. The summed E-state index contributed by atoms with van der Waals surface area (Å²) in [5.74, 6) is 0. The van der Waals surface area contributed by atoms with Gasteiger partial charge in [-0.15, -0.1) is 0 Å². The summed E-state index contributed by atoms with van der Waals surface area (Å²) in [5.41, 5.74) is 7.80. The summed E-state index contributed by atoms with van der Waals surface area (Å²) in [6, 6.07) is 10.6. The SMILES string of the molecule is CC(C)(CN1CCCC1)C(N)c1ccccc1. The van der Waals surface area contributed by atoms with Crippen LogP contribution >= 0.6 is 0 Å². The number of nitrogens with zero attached hydrogens (tertiary/aromatic N) is 1. The summed E-state index contributed by atoms with van der Waals surface area (Å²) in [6.07, 6.45) is 2.69. The van der Waals surface area contributed by atoms with Crippen LogP contribution in [0.15, 0.2) is 30.3 Å². The van der Waals surface area contributed by atoms with Crippen molar-refractivity contribution < 1.29 is 0 Å². The first-order valence-corrected chi connectivity index (χ1v) is 6.62. The average molecular weight is 232 g/mol.